The van der Waals surface area contributed by atoms with Gasteiger partial charge >= 0.3 is 0 Å². The summed E-state index contributed by atoms with van der Waals surface area (Å²) >= 11 is 0. The van der Waals surface area contributed by atoms with Crippen LogP contribution in [0.1, 0.15) is 24.9 Å². The molecule has 1 aromatic carbocycles. The van der Waals surface area contributed by atoms with Crippen LogP contribution in [0.3, 0.4) is 0 Å². The fourth-order valence-electron chi connectivity index (χ4n) is 1.96. The zero-order chi connectivity index (χ0) is 14.2. The second kappa shape index (κ2) is 7.50. The smallest absolute Gasteiger partial charge is 0.128 e. The van der Waals surface area contributed by atoms with Crippen LogP contribution in [0.2, 0.25) is 0 Å². The van der Waals surface area contributed by atoms with Gasteiger partial charge in [0.05, 0.1) is 12.6 Å². The molecule has 3 N–H and O–H groups in total. The summed E-state index contributed by atoms with van der Waals surface area (Å²) in [5.41, 5.74) is 1.05. The number of aromatic nitrogens is 1. The molecule has 0 aliphatic heterocycles. The number of nitrogens with one attached hydrogen (secondary N) is 2. The van der Waals surface area contributed by atoms with Gasteiger partial charge in [0.25, 0.3) is 0 Å². The van der Waals surface area contributed by atoms with E-state index >= 15 is 0 Å². The molecule has 1 heterocycles. The van der Waals surface area contributed by atoms with Crippen LogP contribution >= 0.6 is 0 Å². The Balaban J connectivity index is 2.07. The van der Waals surface area contributed by atoms with Crippen LogP contribution in [0.15, 0.2) is 48.5 Å². The van der Waals surface area contributed by atoms with E-state index in [4.69, 9.17) is 0 Å². The van der Waals surface area contributed by atoms with Crippen molar-refractivity contribution in [3.05, 3.63) is 54.1 Å². The third-order valence-electron chi connectivity index (χ3n) is 3.01. The predicted octanol–water partition coefficient (Wildman–Crippen LogP) is 3.05. The van der Waals surface area contributed by atoms with Gasteiger partial charge in [-0.1, -0.05) is 43.3 Å². The number of benzene rings is 1. The highest BCUT2D eigenvalue weighted by Gasteiger charge is 2.10. The van der Waals surface area contributed by atoms with Crippen LogP contribution in [-0.4, -0.2) is 23.2 Å². The first-order chi connectivity index (χ1) is 9.83. The molecule has 2 rings (SSSR count). The molecule has 0 radical (unpaired) electrons. The molecule has 4 nitrogen and oxygen atoms in total. The zero-order valence-electron chi connectivity index (χ0n) is 11.7. The van der Waals surface area contributed by atoms with Crippen molar-refractivity contribution in [3.63, 3.8) is 0 Å². The Hall–Kier alpha value is -2.07. The summed E-state index contributed by atoms with van der Waals surface area (Å²) in [5.74, 6) is 1.61. The van der Waals surface area contributed by atoms with Crippen molar-refractivity contribution in [2.75, 3.05) is 23.8 Å². The van der Waals surface area contributed by atoms with Gasteiger partial charge < -0.3 is 15.7 Å². The highest BCUT2D eigenvalue weighted by Crippen LogP contribution is 2.18. The third-order valence-corrected chi connectivity index (χ3v) is 3.01. The number of aliphatic hydroxyl groups excluding tert-OH is 1. The van der Waals surface area contributed by atoms with Gasteiger partial charge in [-0.3, -0.25) is 0 Å². The van der Waals surface area contributed by atoms with Crippen molar-refractivity contribution in [1.29, 1.82) is 0 Å². The maximum Gasteiger partial charge on any atom is 0.128 e. The molecule has 0 saturated carbocycles. The van der Waals surface area contributed by atoms with Crippen molar-refractivity contribution in [2.45, 2.75) is 19.4 Å². The largest absolute Gasteiger partial charge is 0.394 e. The Kier molecular flexibility index (Phi) is 5.38. The summed E-state index contributed by atoms with van der Waals surface area (Å²) in [6.45, 7) is 3.04. The van der Waals surface area contributed by atoms with Gasteiger partial charge in [0, 0.05) is 6.54 Å². The van der Waals surface area contributed by atoms with E-state index in [9.17, 15) is 5.11 Å². The molecular weight excluding hydrogens is 250 g/mol. The molecule has 20 heavy (non-hydrogen) atoms. The molecule has 4 heteroatoms. The molecule has 0 aliphatic rings. The molecular formula is C16H21N3O. The van der Waals surface area contributed by atoms with Gasteiger partial charge in [0.15, 0.2) is 0 Å². The van der Waals surface area contributed by atoms with Gasteiger partial charge in [-0.05, 0) is 24.1 Å². The molecule has 0 bridgehead atoms. The van der Waals surface area contributed by atoms with E-state index in [0.29, 0.717) is 0 Å². The Morgan fingerprint density at radius 2 is 1.80 bits per heavy atom. The van der Waals surface area contributed by atoms with Gasteiger partial charge in [-0.25, -0.2) is 4.98 Å². The lowest BCUT2D eigenvalue weighted by Crippen LogP contribution is -2.16. The number of anilines is 2. The summed E-state index contributed by atoms with van der Waals surface area (Å²) in [7, 11) is 0. The number of aliphatic hydroxyl groups is 1. The summed E-state index contributed by atoms with van der Waals surface area (Å²) in [5, 5.41) is 16.1. The van der Waals surface area contributed by atoms with E-state index in [1.807, 2.05) is 48.5 Å². The first-order valence-electron chi connectivity index (χ1n) is 6.96. The van der Waals surface area contributed by atoms with E-state index in [-0.39, 0.29) is 12.6 Å². The predicted molar refractivity (Wildman–Crippen MR) is 82.9 cm³/mol. The standard InChI is InChI=1S/C16H21N3O/c1-2-11-17-15-9-6-10-16(19-15)18-14(12-20)13-7-4-3-5-8-13/h3-10,14,20H,2,11-12H2,1H3,(H2,17,18,19). The molecule has 0 aliphatic carbocycles. The van der Waals surface area contributed by atoms with Gasteiger partial charge in [0.1, 0.15) is 11.6 Å². The van der Waals surface area contributed by atoms with E-state index in [1.54, 1.807) is 0 Å². The van der Waals surface area contributed by atoms with Crippen LogP contribution in [0.5, 0.6) is 0 Å². The van der Waals surface area contributed by atoms with Crippen LogP contribution in [-0.2, 0) is 0 Å². The topological polar surface area (TPSA) is 57.2 Å². The fourth-order valence-corrected chi connectivity index (χ4v) is 1.96. The molecule has 1 atom stereocenters. The van der Waals surface area contributed by atoms with Crippen LogP contribution in [0, 0.1) is 0 Å². The molecule has 0 spiro atoms. The number of nitrogens with zero attached hydrogens (tertiary/aromatic N) is 1. The Morgan fingerprint density at radius 1 is 1.05 bits per heavy atom. The average Bonchev–Trinajstić information content (AvgIpc) is 2.52. The monoisotopic (exact) mass is 271 g/mol. The minimum absolute atomic E-state index is 0.0261. The SMILES string of the molecule is CCCNc1cccc(NC(CO)c2ccccc2)n1. The van der Waals surface area contributed by atoms with Crippen LogP contribution < -0.4 is 10.6 Å². The first kappa shape index (κ1) is 14.3. The zero-order valence-corrected chi connectivity index (χ0v) is 11.7. The number of pyridine rings is 1. The summed E-state index contributed by atoms with van der Waals surface area (Å²) in [4.78, 5) is 4.49. The quantitative estimate of drug-likeness (QED) is 0.724. The minimum atomic E-state index is -0.148. The number of rotatable bonds is 7. The van der Waals surface area contributed by atoms with E-state index in [2.05, 4.69) is 22.5 Å². The highest BCUT2D eigenvalue weighted by molar-refractivity contribution is 5.46. The third kappa shape index (κ3) is 3.96. The fraction of sp³-hybridized carbons (Fsp3) is 0.312. The second-order valence-corrected chi connectivity index (χ2v) is 4.63. The lowest BCUT2D eigenvalue weighted by atomic mass is 10.1. The highest BCUT2D eigenvalue weighted by atomic mass is 16.3. The van der Waals surface area contributed by atoms with Gasteiger partial charge in [-0.15, -0.1) is 0 Å². The molecule has 106 valence electrons. The molecule has 1 unspecified atom stereocenters. The molecule has 0 fully saturated rings. The van der Waals surface area contributed by atoms with Crippen molar-refractivity contribution >= 4 is 11.6 Å². The lowest BCUT2D eigenvalue weighted by Gasteiger charge is -2.18. The Morgan fingerprint density at radius 3 is 2.50 bits per heavy atom. The average molecular weight is 271 g/mol. The molecule has 1 aromatic heterocycles. The summed E-state index contributed by atoms with van der Waals surface area (Å²) in [6.07, 6.45) is 1.06. The minimum Gasteiger partial charge on any atom is -0.394 e. The Bertz CT molecular complexity index is 516. The first-order valence-corrected chi connectivity index (χ1v) is 6.96. The Labute approximate surface area is 119 Å². The second-order valence-electron chi connectivity index (χ2n) is 4.63. The maximum atomic E-state index is 9.55. The van der Waals surface area contributed by atoms with Crippen molar-refractivity contribution in [2.24, 2.45) is 0 Å². The number of hydrogen-bond donors (Lipinski definition) is 3. The van der Waals surface area contributed by atoms with Gasteiger partial charge in [0.2, 0.25) is 0 Å². The van der Waals surface area contributed by atoms with Crippen molar-refractivity contribution in [3.8, 4) is 0 Å². The van der Waals surface area contributed by atoms with E-state index < -0.39 is 0 Å². The van der Waals surface area contributed by atoms with Crippen molar-refractivity contribution in [1.82, 2.24) is 4.98 Å². The molecule has 2 aromatic rings. The summed E-state index contributed by atoms with van der Waals surface area (Å²) in [6, 6.07) is 15.5. The van der Waals surface area contributed by atoms with E-state index in [0.717, 1.165) is 30.2 Å². The normalized spacial score (nSPS) is 11.9. The van der Waals surface area contributed by atoms with Gasteiger partial charge in [-0.2, -0.15) is 0 Å². The summed E-state index contributed by atoms with van der Waals surface area (Å²) < 4.78 is 0. The van der Waals surface area contributed by atoms with Crippen LogP contribution in [0.25, 0.3) is 0 Å². The van der Waals surface area contributed by atoms with E-state index in [1.165, 1.54) is 0 Å². The maximum absolute atomic E-state index is 9.55. The van der Waals surface area contributed by atoms with Crippen LogP contribution in [0.4, 0.5) is 11.6 Å². The number of hydrogen-bond acceptors (Lipinski definition) is 4. The molecule has 0 saturated heterocycles. The molecule has 0 amide bonds. The lowest BCUT2D eigenvalue weighted by molar-refractivity contribution is 0.276. The van der Waals surface area contributed by atoms with Crippen molar-refractivity contribution < 1.29 is 5.11 Å².